The maximum absolute atomic E-state index is 12.4. The third-order valence-corrected chi connectivity index (χ3v) is 2.67. The van der Waals surface area contributed by atoms with Crippen molar-refractivity contribution in [1.29, 1.82) is 0 Å². The van der Waals surface area contributed by atoms with Gasteiger partial charge in [0.15, 0.2) is 0 Å². The second-order valence-corrected chi connectivity index (χ2v) is 4.04. The van der Waals surface area contributed by atoms with Gasteiger partial charge in [0.2, 0.25) is 0 Å². The fraction of sp³-hybridized carbons (Fsp3) is 0.500. The number of hydrogen-bond acceptors (Lipinski definition) is 3. The molecule has 0 aliphatic heterocycles. The third-order valence-electron chi connectivity index (χ3n) is 2.67. The Morgan fingerprint density at radius 1 is 1.28 bits per heavy atom. The Bertz CT molecular complexity index is 351. The van der Waals surface area contributed by atoms with Gasteiger partial charge in [0, 0.05) is 19.8 Å². The third kappa shape index (κ3) is 4.64. The lowest BCUT2D eigenvalue weighted by Gasteiger charge is -2.15. The minimum Gasteiger partial charge on any atom is -0.385 e. The number of methoxy groups -OCH3 is 1. The summed E-state index contributed by atoms with van der Waals surface area (Å²) in [7, 11) is 1.59. The Morgan fingerprint density at radius 2 is 1.89 bits per heavy atom. The van der Waals surface area contributed by atoms with E-state index in [1.807, 2.05) is 0 Å². The molecule has 0 heterocycles. The summed E-state index contributed by atoms with van der Waals surface area (Å²) in [6.07, 6.45) is -3.02. The van der Waals surface area contributed by atoms with Gasteiger partial charge in [-0.15, -0.1) is 0 Å². The number of ether oxygens (including phenoxy) is 1. The summed E-state index contributed by atoms with van der Waals surface area (Å²) in [5.41, 5.74) is 2.80. The molecule has 6 heteroatoms. The summed E-state index contributed by atoms with van der Waals surface area (Å²) in [6.45, 7) is 0.551. The highest BCUT2D eigenvalue weighted by Crippen LogP contribution is 2.29. The van der Waals surface area contributed by atoms with Crippen LogP contribution in [-0.4, -0.2) is 19.8 Å². The summed E-state index contributed by atoms with van der Waals surface area (Å²) in [5, 5.41) is 0. The van der Waals surface area contributed by atoms with Gasteiger partial charge in [0.1, 0.15) is 0 Å². The van der Waals surface area contributed by atoms with Crippen LogP contribution in [0.15, 0.2) is 24.3 Å². The van der Waals surface area contributed by atoms with Gasteiger partial charge in [-0.25, -0.2) is 0 Å². The Hall–Kier alpha value is -1.11. The molecule has 0 saturated carbocycles. The minimum atomic E-state index is -4.29. The molecule has 1 unspecified atom stereocenters. The summed E-state index contributed by atoms with van der Waals surface area (Å²) in [6, 6.07) is 5.10. The average molecular weight is 262 g/mol. The predicted octanol–water partition coefficient (Wildman–Crippen LogP) is 2.12. The number of hydrogen-bond donors (Lipinski definition) is 2. The van der Waals surface area contributed by atoms with Gasteiger partial charge < -0.3 is 4.74 Å². The van der Waals surface area contributed by atoms with Crippen molar-refractivity contribution in [2.75, 3.05) is 13.7 Å². The maximum atomic E-state index is 12.4. The second-order valence-electron chi connectivity index (χ2n) is 4.04. The lowest BCUT2D eigenvalue weighted by atomic mass is 10.0. The molecule has 0 amide bonds. The molecule has 0 aliphatic rings. The molecule has 18 heavy (non-hydrogen) atoms. The predicted molar refractivity (Wildman–Crippen MR) is 62.8 cm³/mol. The van der Waals surface area contributed by atoms with Gasteiger partial charge in [-0.2, -0.15) is 13.2 Å². The van der Waals surface area contributed by atoms with E-state index in [9.17, 15) is 13.2 Å². The Morgan fingerprint density at radius 3 is 2.33 bits per heavy atom. The fourth-order valence-electron chi connectivity index (χ4n) is 1.62. The van der Waals surface area contributed by atoms with E-state index in [0.29, 0.717) is 19.4 Å². The van der Waals surface area contributed by atoms with E-state index >= 15 is 0 Å². The highest BCUT2D eigenvalue weighted by molar-refractivity contribution is 5.25. The molecule has 0 radical (unpaired) electrons. The summed E-state index contributed by atoms with van der Waals surface area (Å²) >= 11 is 0. The zero-order chi connectivity index (χ0) is 13.6. The highest BCUT2D eigenvalue weighted by Gasteiger charge is 2.29. The molecule has 1 rings (SSSR count). The van der Waals surface area contributed by atoms with Crippen molar-refractivity contribution in [3.63, 3.8) is 0 Å². The molecular formula is C12H17F3N2O. The number of alkyl halides is 3. The van der Waals surface area contributed by atoms with Crippen LogP contribution < -0.4 is 11.3 Å². The molecule has 102 valence electrons. The molecule has 1 aromatic carbocycles. The van der Waals surface area contributed by atoms with Crippen LogP contribution in [0.25, 0.3) is 0 Å². The summed E-state index contributed by atoms with van der Waals surface area (Å²) in [4.78, 5) is 0. The van der Waals surface area contributed by atoms with E-state index in [2.05, 4.69) is 5.43 Å². The van der Waals surface area contributed by atoms with Crippen LogP contribution in [0, 0.1) is 0 Å². The van der Waals surface area contributed by atoms with E-state index in [-0.39, 0.29) is 6.04 Å². The van der Waals surface area contributed by atoms with Crippen LogP contribution in [0.4, 0.5) is 13.2 Å². The monoisotopic (exact) mass is 262 g/mol. The Labute approximate surface area is 104 Å². The topological polar surface area (TPSA) is 47.3 Å². The first-order valence-corrected chi connectivity index (χ1v) is 5.58. The second kappa shape index (κ2) is 6.72. The molecule has 1 atom stereocenters. The van der Waals surface area contributed by atoms with Gasteiger partial charge in [0.25, 0.3) is 0 Å². The van der Waals surface area contributed by atoms with Gasteiger partial charge in [0.05, 0.1) is 5.56 Å². The molecule has 0 spiro atoms. The number of hydrazine groups is 1. The van der Waals surface area contributed by atoms with Crippen LogP contribution in [-0.2, 0) is 17.3 Å². The lowest BCUT2D eigenvalue weighted by Crippen LogP contribution is -2.37. The summed E-state index contributed by atoms with van der Waals surface area (Å²) < 4.78 is 42.0. The smallest absolute Gasteiger partial charge is 0.385 e. The van der Waals surface area contributed by atoms with Gasteiger partial charge >= 0.3 is 6.18 Å². The minimum absolute atomic E-state index is 0.0123. The largest absolute Gasteiger partial charge is 0.416 e. The van der Waals surface area contributed by atoms with Crippen LogP contribution in [0.2, 0.25) is 0 Å². The lowest BCUT2D eigenvalue weighted by molar-refractivity contribution is -0.137. The first-order valence-electron chi connectivity index (χ1n) is 5.58. The normalized spacial score (nSPS) is 13.6. The Kier molecular flexibility index (Phi) is 5.58. The van der Waals surface area contributed by atoms with E-state index in [1.165, 1.54) is 12.1 Å². The molecular weight excluding hydrogens is 245 g/mol. The van der Waals surface area contributed by atoms with Crippen molar-refractivity contribution in [2.45, 2.75) is 25.1 Å². The first kappa shape index (κ1) is 14.9. The van der Waals surface area contributed by atoms with E-state index in [0.717, 1.165) is 17.7 Å². The standard InChI is InChI=1S/C12H17F3N2O/c1-18-7-6-11(17-16)8-9-2-4-10(5-3-9)12(13,14)15/h2-5,11,17H,6-8,16H2,1H3. The van der Waals surface area contributed by atoms with Gasteiger partial charge in [-0.3, -0.25) is 11.3 Å². The number of rotatable bonds is 6. The zero-order valence-corrected chi connectivity index (χ0v) is 10.1. The zero-order valence-electron chi connectivity index (χ0n) is 10.1. The van der Waals surface area contributed by atoms with E-state index < -0.39 is 11.7 Å². The average Bonchev–Trinajstić information content (AvgIpc) is 2.34. The molecule has 0 fully saturated rings. The number of nitrogens with one attached hydrogen (secondary N) is 1. The first-order chi connectivity index (χ1) is 8.47. The number of nitrogens with two attached hydrogens (primary N) is 1. The fourth-order valence-corrected chi connectivity index (χ4v) is 1.62. The van der Waals surface area contributed by atoms with Gasteiger partial charge in [-0.05, 0) is 30.5 Å². The number of halogens is 3. The SMILES string of the molecule is COCCC(Cc1ccc(C(F)(F)F)cc1)NN. The molecule has 0 aliphatic carbocycles. The van der Waals surface area contributed by atoms with Crippen LogP contribution >= 0.6 is 0 Å². The molecule has 1 aromatic rings. The van der Waals surface area contributed by atoms with Crippen LogP contribution in [0.1, 0.15) is 17.5 Å². The number of benzene rings is 1. The molecule has 3 N–H and O–H groups in total. The van der Waals surface area contributed by atoms with Gasteiger partial charge in [-0.1, -0.05) is 12.1 Å². The summed E-state index contributed by atoms with van der Waals surface area (Å²) in [5.74, 6) is 5.37. The molecule has 3 nitrogen and oxygen atoms in total. The quantitative estimate of drug-likeness (QED) is 0.610. The van der Waals surface area contributed by atoms with Crippen molar-refractivity contribution in [1.82, 2.24) is 5.43 Å². The van der Waals surface area contributed by atoms with E-state index in [4.69, 9.17) is 10.6 Å². The molecule has 0 saturated heterocycles. The molecule has 0 bridgehead atoms. The highest BCUT2D eigenvalue weighted by atomic mass is 19.4. The van der Waals surface area contributed by atoms with E-state index in [1.54, 1.807) is 7.11 Å². The molecule has 0 aromatic heterocycles. The van der Waals surface area contributed by atoms with Crippen LogP contribution in [0.3, 0.4) is 0 Å². The maximum Gasteiger partial charge on any atom is 0.416 e. The van der Waals surface area contributed by atoms with Crippen molar-refractivity contribution in [3.8, 4) is 0 Å². The van der Waals surface area contributed by atoms with Crippen LogP contribution in [0.5, 0.6) is 0 Å². The van der Waals surface area contributed by atoms with Crippen molar-refractivity contribution in [2.24, 2.45) is 5.84 Å². The Balaban J connectivity index is 2.62. The van der Waals surface area contributed by atoms with Crippen molar-refractivity contribution >= 4 is 0 Å². The van der Waals surface area contributed by atoms with Crippen molar-refractivity contribution < 1.29 is 17.9 Å². The van der Waals surface area contributed by atoms with Crippen molar-refractivity contribution in [3.05, 3.63) is 35.4 Å².